The summed E-state index contributed by atoms with van der Waals surface area (Å²) in [6.45, 7) is 4.88. The number of nitrogens with one attached hydrogen (secondary N) is 2. The normalized spacial score (nSPS) is 17.7. The number of aliphatic hydroxyl groups is 1. The van der Waals surface area contributed by atoms with E-state index in [0.29, 0.717) is 29.4 Å². The molecule has 1 unspecified atom stereocenters. The van der Waals surface area contributed by atoms with Crippen molar-refractivity contribution in [3.8, 4) is 5.75 Å². The minimum atomic E-state index is -4.30. The number of fused-ring (bicyclic) bond motifs is 1. The van der Waals surface area contributed by atoms with Gasteiger partial charge in [-0.05, 0) is 52.2 Å². The van der Waals surface area contributed by atoms with E-state index in [1.54, 1.807) is 48.7 Å². The monoisotopic (exact) mass is 623 g/mol. The number of hydrogen-bond acceptors (Lipinski definition) is 12. The topological polar surface area (TPSA) is 185 Å². The largest absolute Gasteiger partial charge is 0.462 e. The van der Waals surface area contributed by atoms with Crippen molar-refractivity contribution in [1.82, 2.24) is 24.6 Å². The molecule has 0 amide bonds. The van der Waals surface area contributed by atoms with Gasteiger partial charge in [0.1, 0.15) is 36.9 Å². The number of ether oxygens (including phenoxy) is 2. The summed E-state index contributed by atoms with van der Waals surface area (Å²) in [4.78, 5) is 25.5. The molecule has 14 nitrogen and oxygen atoms in total. The molecule has 1 saturated carbocycles. The maximum Gasteiger partial charge on any atom is 0.459 e. The van der Waals surface area contributed by atoms with Crippen molar-refractivity contribution < 1.29 is 37.4 Å². The number of alkyl halides is 1. The van der Waals surface area contributed by atoms with Gasteiger partial charge in [-0.3, -0.25) is 13.9 Å². The van der Waals surface area contributed by atoms with Gasteiger partial charge in [0, 0.05) is 6.04 Å². The first kappa shape index (κ1) is 32.6. The van der Waals surface area contributed by atoms with Crippen LogP contribution in [0.1, 0.15) is 53.2 Å². The zero-order valence-corrected chi connectivity index (χ0v) is 25.4. The van der Waals surface area contributed by atoms with E-state index >= 15 is 0 Å². The Morgan fingerprint density at radius 1 is 1.23 bits per heavy atom. The molecule has 4 rings (SSSR count). The molecule has 2 aromatic heterocycles. The third-order valence-electron chi connectivity index (χ3n) is 6.37. The van der Waals surface area contributed by atoms with Crippen molar-refractivity contribution in [3.05, 3.63) is 36.7 Å². The standard InChI is InChI=1S/C27H39FN7O7P/c1-5-22(35-15-30-23-24(31-18-11-12-18)32-27(29)33-25(23)35)41-21(20(36)13-28)14-39-43(38,42-19-9-7-6-8-10-19)34-17(4)26(37)40-16(2)3/h6-10,15-18,20-22,36H,5,11-14H2,1-4H3,(H,34,38)(H3,29,31,32,33)/t17-,20+,21-,22-,43?/m1/s1. The van der Waals surface area contributed by atoms with Gasteiger partial charge in [0.2, 0.25) is 5.95 Å². The molecule has 1 fully saturated rings. The summed E-state index contributed by atoms with van der Waals surface area (Å²) in [6.07, 6.45) is -0.295. The second-order valence-electron chi connectivity index (χ2n) is 10.5. The van der Waals surface area contributed by atoms with Crippen LogP contribution in [0.25, 0.3) is 11.2 Å². The number of carbonyl (C=O) groups excluding carboxylic acids is 1. The molecular weight excluding hydrogens is 584 g/mol. The number of aromatic nitrogens is 4. The van der Waals surface area contributed by atoms with E-state index in [4.69, 9.17) is 24.3 Å². The summed E-state index contributed by atoms with van der Waals surface area (Å²) in [6, 6.07) is 7.37. The first-order chi connectivity index (χ1) is 20.5. The summed E-state index contributed by atoms with van der Waals surface area (Å²) in [7, 11) is -4.30. The first-order valence-electron chi connectivity index (χ1n) is 14.2. The summed E-state index contributed by atoms with van der Waals surface area (Å²) >= 11 is 0. The Hall–Kier alpha value is -3.36. The lowest BCUT2D eigenvalue weighted by molar-refractivity contribution is -0.149. The Labute approximate surface area is 249 Å². The lowest BCUT2D eigenvalue weighted by atomic mass is 10.2. The highest BCUT2D eigenvalue weighted by atomic mass is 31.2. The Balaban J connectivity index is 1.55. The molecule has 1 aliphatic carbocycles. The van der Waals surface area contributed by atoms with Gasteiger partial charge in [0.25, 0.3) is 0 Å². The van der Waals surface area contributed by atoms with Crippen molar-refractivity contribution in [3.63, 3.8) is 0 Å². The molecule has 0 saturated heterocycles. The van der Waals surface area contributed by atoms with Gasteiger partial charge in [-0.25, -0.2) is 13.9 Å². The number of anilines is 2. The number of carbonyl (C=O) groups is 1. The number of nitrogen functional groups attached to an aromatic ring is 1. The van der Waals surface area contributed by atoms with Gasteiger partial charge in [0.15, 0.2) is 17.0 Å². The van der Waals surface area contributed by atoms with Crippen LogP contribution in [0.3, 0.4) is 0 Å². The summed E-state index contributed by atoms with van der Waals surface area (Å²) in [5.74, 6) is 0.0426. The molecule has 0 aliphatic heterocycles. The van der Waals surface area contributed by atoms with Crippen molar-refractivity contribution >= 4 is 36.6 Å². The molecule has 3 aromatic rings. The molecule has 5 N–H and O–H groups in total. The lowest BCUT2D eigenvalue weighted by Crippen LogP contribution is -2.39. The second-order valence-corrected chi connectivity index (χ2v) is 12.2. The Kier molecular flexibility index (Phi) is 10.9. The SMILES string of the molecule is CC[C@@H](O[C@H](COP(=O)(N[C@H](C)C(=O)OC(C)C)Oc1ccccc1)[C@@H](O)CF)n1cnc2c(NC3CC3)nc(N)nc21. The molecule has 16 heteroatoms. The van der Waals surface area contributed by atoms with Crippen LogP contribution in [0, 0.1) is 0 Å². The number of rotatable bonds is 17. The van der Waals surface area contributed by atoms with Crippen LogP contribution >= 0.6 is 7.75 Å². The van der Waals surface area contributed by atoms with Crippen molar-refractivity contribution in [2.24, 2.45) is 0 Å². The van der Waals surface area contributed by atoms with Gasteiger partial charge in [0.05, 0.1) is 19.0 Å². The molecule has 0 spiro atoms. The van der Waals surface area contributed by atoms with Gasteiger partial charge in [-0.15, -0.1) is 0 Å². The molecule has 0 bridgehead atoms. The fraction of sp³-hybridized carbons (Fsp3) is 0.556. The van der Waals surface area contributed by atoms with Crippen molar-refractivity contribution in [1.29, 1.82) is 0 Å². The number of benzene rings is 1. The number of esters is 1. The van der Waals surface area contributed by atoms with Crippen molar-refractivity contribution in [2.75, 3.05) is 24.3 Å². The van der Waals surface area contributed by atoms with Gasteiger partial charge < -0.3 is 30.2 Å². The summed E-state index contributed by atoms with van der Waals surface area (Å²) in [5.41, 5.74) is 6.83. The third kappa shape index (κ3) is 8.83. The van der Waals surface area contributed by atoms with Gasteiger partial charge in [-0.2, -0.15) is 15.1 Å². The average Bonchev–Trinajstić information content (AvgIpc) is 3.69. The third-order valence-corrected chi connectivity index (χ3v) is 8.01. The minimum Gasteiger partial charge on any atom is -0.462 e. The van der Waals surface area contributed by atoms with Crippen LogP contribution in [0.2, 0.25) is 0 Å². The van der Waals surface area contributed by atoms with Crippen LogP contribution in [-0.4, -0.2) is 74.3 Å². The van der Waals surface area contributed by atoms with E-state index in [-0.39, 0.29) is 11.7 Å². The number of hydrogen-bond donors (Lipinski definition) is 4. The van der Waals surface area contributed by atoms with Crippen LogP contribution < -0.4 is 20.7 Å². The van der Waals surface area contributed by atoms with E-state index in [9.17, 15) is 18.9 Å². The van der Waals surface area contributed by atoms with E-state index in [1.165, 1.54) is 13.3 Å². The molecule has 1 aliphatic rings. The number of imidazole rings is 1. The Morgan fingerprint density at radius 2 is 1.95 bits per heavy atom. The highest BCUT2D eigenvalue weighted by Gasteiger charge is 2.36. The maximum atomic E-state index is 13.9. The van der Waals surface area contributed by atoms with E-state index in [2.05, 4.69) is 25.4 Å². The predicted molar refractivity (Wildman–Crippen MR) is 157 cm³/mol. The quantitative estimate of drug-likeness (QED) is 0.126. The molecule has 5 atom stereocenters. The number of para-hydroxylation sites is 1. The summed E-state index contributed by atoms with van der Waals surface area (Å²) < 4.78 is 51.9. The second kappa shape index (κ2) is 14.4. The molecular formula is C27H39FN7O7P. The van der Waals surface area contributed by atoms with Crippen LogP contribution in [-0.2, 0) is 23.4 Å². The zero-order chi connectivity index (χ0) is 31.1. The van der Waals surface area contributed by atoms with Crippen LogP contribution in [0.5, 0.6) is 5.75 Å². The molecule has 43 heavy (non-hydrogen) atoms. The number of nitrogens with two attached hydrogens (primary N) is 1. The Morgan fingerprint density at radius 3 is 2.58 bits per heavy atom. The zero-order valence-electron chi connectivity index (χ0n) is 24.6. The Bertz CT molecular complexity index is 1410. The molecule has 1 aromatic carbocycles. The van der Waals surface area contributed by atoms with Crippen LogP contribution in [0.4, 0.5) is 16.2 Å². The van der Waals surface area contributed by atoms with Gasteiger partial charge >= 0.3 is 13.7 Å². The number of aliphatic hydroxyl groups excluding tert-OH is 1. The van der Waals surface area contributed by atoms with E-state index in [0.717, 1.165) is 12.8 Å². The van der Waals surface area contributed by atoms with Crippen molar-refractivity contribution in [2.45, 2.75) is 83.6 Å². The first-order valence-corrected chi connectivity index (χ1v) is 15.7. The van der Waals surface area contributed by atoms with Crippen LogP contribution in [0.15, 0.2) is 36.7 Å². The number of halogens is 1. The fourth-order valence-electron chi connectivity index (χ4n) is 4.07. The molecule has 2 heterocycles. The lowest BCUT2D eigenvalue weighted by Gasteiger charge is -2.29. The minimum absolute atomic E-state index is 0.0334. The number of nitrogens with zero attached hydrogens (tertiary/aromatic N) is 4. The smallest absolute Gasteiger partial charge is 0.459 e. The predicted octanol–water partition coefficient (Wildman–Crippen LogP) is 3.74. The molecule has 0 radical (unpaired) electrons. The van der Waals surface area contributed by atoms with Gasteiger partial charge in [-0.1, -0.05) is 25.1 Å². The maximum absolute atomic E-state index is 13.9. The highest BCUT2D eigenvalue weighted by molar-refractivity contribution is 7.52. The summed E-state index contributed by atoms with van der Waals surface area (Å²) in [5, 5.41) is 16.4. The molecule has 236 valence electrons. The fourth-order valence-corrected chi connectivity index (χ4v) is 5.57. The van der Waals surface area contributed by atoms with E-state index in [1.807, 2.05) is 6.92 Å². The average molecular weight is 624 g/mol. The highest BCUT2D eigenvalue weighted by Crippen LogP contribution is 2.45. The van der Waals surface area contributed by atoms with E-state index < -0.39 is 57.6 Å².